The van der Waals surface area contributed by atoms with E-state index in [1.165, 1.54) is 0 Å². The van der Waals surface area contributed by atoms with E-state index in [1.807, 2.05) is 18.2 Å². The van der Waals surface area contributed by atoms with Crippen molar-refractivity contribution in [2.45, 2.75) is 6.04 Å². The largest absolute Gasteiger partial charge is 0.478 e. The summed E-state index contributed by atoms with van der Waals surface area (Å²) in [6.45, 7) is 0. The van der Waals surface area contributed by atoms with Crippen LogP contribution in [0.4, 0.5) is 0 Å². The van der Waals surface area contributed by atoms with Crippen molar-refractivity contribution in [2.24, 2.45) is 5.73 Å². The van der Waals surface area contributed by atoms with Gasteiger partial charge in [-0.3, -0.25) is 0 Å². The first-order valence-corrected chi connectivity index (χ1v) is 5.89. The monoisotopic (exact) mass is 259 g/mol. The van der Waals surface area contributed by atoms with Crippen molar-refractivity contribution in [3.63, 3.8) is 0 Å². The van der Waals surface area contributed by atoms with E-state index in [-0.39, 0.29) is 11.6 Å². The first kappa shape index (κ1) is 11.3. The highest BCUT2D eigenvalue weighted by atomic mass is 35.5. The number of aromatic carboxylic acids is 1. The molecule has 0 bridgehead atoms. The van der Waals surface area contributed by atoms with Gasteiger partial charge in [0.15, 0.2) is 0 Å². The molecule has 3 N–H and O–H groups in total. The molecule has 0 aliphatic heterocycles. The summed E-state index contributed by atoms with van der Waals surface area (Å²) >= 11 is 6.19. The summed E-state index contributed by atoms with van der Waals surface area (Å²) in [6.07, 6.45) is 0. The predicted octanol–water partition coefficient (Wildman–Crippen LogP) is 3.07. The number of nitrogens with two attached hydrogens (primary N) is 1. The second-order valence-corrected chi connectivity index (χ2v) is 4.70. The van der Waals surface area contributed by atoms with E-state index in [4.69, 9.17) is 22.4 Å². The maximum Gasteiger partial charge on any atom is 0.335 e. The van der Waals surface area contributed by atoms with Crippen LogP contribution in [0.2, 0.25) is 5.02 Å². The molecule has 3 nitrogen and oxygen atoms in total. The lowest BCUT2D eigenvalue weighted by Crippen LogP contribution is -2.09. The molecule has 4 heteroatoms. The van der Waals surface area contributed by atoms with E-state index in [1.54, 1.807) is 18.2 Å². The van der Waals surface area contributed by atoms with E-state index >= 15 is 0 Å². The highest BCUT2D eigenvalue weighted by Gasteiger charge is 2.28. The Labute approximate surface area is 109 Å². The molecule has 0 saturated carbocycles. The normalized spacial score (nSPS) is 16.2. The first-order valence-electron chi connectivity index (χ1n) is 5.51. The van der Waals surface area contributed by atoms with Crippen LogP contribution in [0.3, 0.4) is 0 Å². The molecular weight excluding hydrogens is 250 g/mol. The van der Waals surface area contributed by atoms with Gasteiger partial charge in [0, 0.05) is 10.6 Å². The Morgan fingerprint density at radius 1 is 1.22 bits per heavy atom. The van der Waals surface area contributed by atoms with Gasteiger partial charge in [0.2, 0.25) is 0 Å². The molecule has 0 aromatic heterocycles. The molecule has 0 radical (unpaired) electrons. The Kier molecular flexibility index (Phi) is 2.40. The fourth-order valence-corrected chi connectivity index (χ4v) is 2.72. The summed E-state index contributed by atoms with van der Waals surface area (Å²) in [5.74, 6) is -0.952. The third kappa shape index (κ3) is 1.45. The van der Waals surface area contributed by atoms with E-state index in [9.17, 15) is 4.79 Å². The lowest BCUT2D eigenvalue weighted by atomic mass is 10.0. The lowest BCUT2D eigenvalue weighted by molar-refractivity contribution is 0.0697. The predicted molar refractivity (Wildman–Crippen MR) is 69.9 cm³/mol. The standard InChI is InChI=1S/C14H10ClNO2/c15-11-3-1-2-9-12(11)8-5-4-7(14(17)18)6-10(8)13(9)16/h1-6,13H,16H2,(H,17,18). The van der Waals surface area contributed by atoms with Crippen molar-refractivity contribution < 1.29 is 9.90 Å². The second-order valence-electron chi connectivity index (χ2n) is 4.29. The number of halogens is 1. The van der Waals surface area contributed by atoms with Gasteiger partial charge >= 0.3 is 5.97 Å². The first-order chi connectivity index (χ1) is 8.59. The van der Waals surface area contributed by atoms with E-state index in [0.717, 1.165) is 22.3 Å². The third-order valence-electron chi connectivity index (χ3n) is 3.28. The number of carboxylic acids is 1. The van der Waals surface area contributed by atoms with E-state index in [2.05, 4.69) is 0 Å². The molecule has 1 atom stereocenters. The molecule has 3 rings (SSSR count). The van der Waals surface area contributed by atoms with Gasteiger partial charge in [-0.1, -0.05) is 29.8 Å². The lowest BCUT2D eigenvalue weighted by Gasteiger charge is -2.06. The van der Waals surface area contributed by atoms with Crippen LogP contribution >= 0.6 is 11.6 Å². The summed E-state index contributed by atoms with van der Waals surface area (Å²) in [4.78, 5) is 11.0. The molecule has 2 aromatic carbocycles. The Hall–Kier alpha value is -1.84. The zero-order chi connectivity index (χ0) is 12.9. The molecule has 2 aromatic rings. The molecule has 1 aliphatic rings. The summed E-state index contributed by atoms with van der Waals surface area (Å²) in [5.41, 5.74) is 9.99. The summed E-state index contributed by atoms with van der Waals surface area (Å²) in [7, 11) is 0. The summed E-state index contributed by atoms with van der Waals surface area (Å²) in [6, 6.07) is 10.2. The Balaban J connectivity index is 2.28. The maximum absolute atomic E-state index is 11.0. The van der Waals surface area contributed by atoms with Crippen molar-refractivity contribution in [3.8, 4) is 11.1 Å². The fraction of sp³-hybridized carbons (Fsp3) is 0.0714. The minimum atomic E-state index is -0.952. The molecule has 0 fully saturated rings. The van der Waals surface area contributed by atoms with Gasteiger partial charge in [-0.25, -0.2) is 4.79 Å². The van der Waals surface area contributed by atoms with Crippen molar-refractivity contribution in [1.82, 2.24) is 0 Å². The van der Waals surface area contributed by atoms with E-state index < -0.39 is 5.97 Å². The van der Waals surface area contributed by atoms with Crippen molar-refractivity contribution in [1.29, 1.82) is 0 Å². The van der Waals surface area contributed by atoms with Crippen LogP contribution in [-0.2, 0) is 0 Å². The topological polar surface area (TPSA) is 63.3 Å². The van der Waals surface area contributed by atoms with Gasteiger partial charge in [0.1, 0.15) is 0 Å². The molecular formula is C14H10ClNO2. The van der Waals surface area contributed by atoms with Gasteiger partial charge in [-0.15, -0.1) is 0 Å². The zero-order valence-electron chi connectivity index (χ0n) is 9.35. The molecule has 0 amide bonds. The van der Waals surface area contributed by atoms with Crippen LogP contribution < -0.4 is 5.73 Å². The summed E-state index contributed by atoms with van der Waals surface area (Å²) < 4.78 is 0. The number of benzene rings is 2. The van der Waals surface area contributed by atoms with Crippen LogP contribution in [0, 0.1) is 0 Å². The highest BCUT2D eigenvalue weighted by Crippen LogP contribution is 2.45. The summed E-state index contributed by atoms with van der Waals surface area (Å²) in [5, 5.41) is 9.65. The van der Waals surface area contributed by atoms with Gasteiger partial charge in [0.25, 0.3) is 0 Å². The van der Waals surface area contributed by atoms with Gasteiger partial charge in [0.05, 0.1) is 11.6 Å². The van der Waals surface area contributed by atoms with Crippen molar-refractivity contribution >= 4 is 17.6 Å². The maximum atomic E-state index is 11.0. The molecule has 0 heterocycles. The zero-order valence-corrected chi connectivity index (χ0v) is 10.1. The fourth-order valence-electron chi connectivity index (χ4n) is 2.43. The van der Waals surface area contributed by atoms with Crippen LogP contribution in [0.1, 0.15) is 27.5 Å². The Morgan fingerprint density at radius 3 is 2.72 bits per heavy atom. The quantitative estimate of drug-likeness (QED) is 0.827. The SMILES string of the molecule is NC1c2cc(C(=O)O)ccc2-c2c(Cl)cccc21. The number of carbonyl (C=O) groups is 1. The average molecular weight is 260 g/mol. The minimum absolute atomic E-state index is 0.244. The Morgan fingerprint density at radius 2 is 2.00 bits per heavy atom. The number of hydrogen-bond donors (Lipinski definition) is 2. The van der Waals surface area contributed by atoms with Gasteiger partial charge in [-0.2, -0.15) is 0 Å². The molecule has 1 aliphatic carbocycles. The molecule has 1 unspecified atom stereocenters. The number of hydrogen-bond acceptors (Lipinski definition) is 2. The third-order valence-corrected chi connectivity index (χ3v) is 3.60. The van der Waals surface area contributed by atoms with Crippen LogP contribution in [0.25, 0.3) is 11.1 Å². The molecule has 0 saturated heterocycles. The van der Waals surface area contributed by atoms with Gasteiger partial charge in [-0.05, 0) is 34.9 Å². The van der Waals surface area contributed by atoms with Crippen LogP contribution in [-0.4, -0.2) is 11.1 Å². The highest BCUT2D eigenvalue weighted by molar-refractivity contribution is 6.33. The molecule has 0 spiro atoms. The molecule has 90 valence electrons. The number of carboxylic acid groups (broad SMARTS) is 1. The van der Waals surface area contributed by atoms with E-state index in [0.29, 0.717) is 5.02 Å². The number of rotatable bonds is 1. The minimum Gasteiger partial charge on any atom is -0.478 e. The Bertz CT molecular complexity index is 667. The smallest absolute Gasteiger partial charge is 0.335 e. The van der Waals surface area contributed by atoms with Gasteiger partial charge < -0.3 is 10.8 Å². The van der Waals surface area contributed by atoms with Crippen LogP contribution in [0.5, 0.6) is 0 Å². The average Bonchev–Trinajstić information content (AvgIpc) is 2.64. The van der Waals surface area contributed by atoms with Crippen LogP contribution in [0.15, 0.2) is 36.4 Å². The van der Waals surface area contributed by atoms with Crippen molar-refractivity contribution in [3.05, 3.63) is 58.1 Å². The van der Waals surface area contributed by atoms with Crippen molar-refractivity contribution in [2.75, 3.05) is 0 Å². The molecule has 18 heavy (non-hydrogen) atoms. The number of fused-ring (bicyclic) bond motifs is 3. The second kappa shape index (κ2) is 3.83.